The Labute approximate surface area is 253 Å². The summed E-state index contributed by atoms with van der Waals surface area (Å²) in [5, 5.41) is 12.3. The average molecular weight is 607 g/mol. The number of halogens is 1. The monoisotopic (exact) mass is 606 g/mol. The quantitative estimate of drug-likeness (QED) is 0.102. The van der Waals surface area contributed by atoms with Crippen LogP contribution < -0.4 is 26.4 Å². The van der Waals surface area contributed by atoms with Crippen molar-refractivity contribution in [3.63, 3.8) is 0 Å². The number of carbonyl (C=O) groups excluding carboxylic acids is 1. The van der Waals surface area contributed by atoms with Gasteiger partial charge in [0.25, 0.3) is 0 Å². The van der Waals surface area contributed by atoms with Gasteiger partial charge < -0.3 is 30.4 Å². The summed E-state index contributed by atoms with van der Waals surface area (Å²) in [6.45, 7) is 11.7. The average Bonchev–Trinajstić information content (AvgIpc) is 3.62. The molecule has 0 radical (unpaired) electrons. The molecule has 226 valence electrons. The summed E-state index contributed by atoms with van der Waals surface area (Å²) in [7, 11) is 1.66. The van der Waals surface area contributed by atoms with Crippen LogP contribution in [0.15, 0.2) is 77.5 Å². The Morgan fingerprint density at radius 2 is 1.98 bits per heavy atom. The first kappa shape index (κ1) is 31.4. The maximum atomic E-state index is 15.0. The van der Waals surface area contributed by atoms with Crippen molar-refractivity contribution in [1.82, 2.24) is 15.5 Å². The lowest BCUT2D eigenvalue weighted by atomic mass is 9.93. The number of rotatable bonds is 12. The Morgan fingerprint density at radius 3 is 2.67 bits per heavy atom. The highest BCUT2D eigenvalue weighted by atomic mass is 32.1. The van der Waals surface area contributed by atoms with Gasteiger partial charge in [0.1, 0.15) is 11.5 Å². The van der Waals surface area contributed by atoms with Gasteiger partial charge in [-0.15, -0.1) is 11.3 Å². The largest absolute Gasteiger partial charge is 0.453 e. The Morgan fingerprint density at radius 1 is 1.16 bits per heavy atom. The molecule has 0 aliphatic carbocycles. The lowest BCUT2D eigenvalue weighted by molar-refractivity contribution is 0.200. The third-order valence-electron chi connectivity index (χ3n) is 6.11. The molecular weight excluding hydrogens is 571 g/mol. The van der Waals surface area contributed by atoms with Crippen molar-refractivity contribution in [3.8, 4) is 11.5 Å². The first-order chi connectivity index (χ1) is 20.6. The number of hydrogen-bond acceptors (Lipinski definition) is 9. The Hall–Kier alpha value is -4.52. The van der Waals surface area contributed by atoms with Gasteiger partial charge in [0.05, 0.1) is 21.7 Å². The van der Waals surface area contributed by atoms with Crippen LogP contribution in [-0.2, 0) is 10.2 Å². The van der Waals surface area contributed by atoms with Gasteiger partial charge in [-0.1, -0.05) is 44.7 Å². The minimum atomic E-state index is -0.656. The van der Waals surface area contributed by atoms with E-state index in [1.54, 1.807) is 31.5 Å². The summed E-state index contributed by atoms with van der Waals surface area (Å²) in [5.74, 6) is 0.636. The van der Waals surface area contributed by atoms with Gasteiger partial charge in [0, 0.05) is 61.4 Å². The third-order valence-corrected chi connectivity index (χ3v) is 7.30. The Bertz CT molecular complexity index is 1650. The van der Waals surface area contributed by atoms with Crippen LogP contribution in [0.3, 0.4) is 0 Å². The molecule has 0 saturated heterocycles. The number of hydrogen-bond donors (Lipinski definition) is 4. The van der Waals surface area contributed by atoms with Crippen LogP contribution in [-0.4, -0.2) is 43.0 Å². The predicted octanol–water partition coefficient (Wildman–Crippen LogP) is 6.81. The number of aromatic nitrogens is 2. The maximum Gasteiger partial charge on any atom is 0.324 e. The van der Waals surface area contributed by atoms with E-state index in [1.165, 1.54) is 29.5 Å². The standard InChI is InChI=1S/C31H35FN6O4S/c1-6-19(18-34-13-14-40-5)7-9-22(33)26-16-23-29(43-26)25(11-12-35-23)41-24-10-8-20(15-21(24)32)36-30(39)37-28-17-27(42-38-28)31(2,3)4/h6-12,15-17,34H,1,13-14,18,33H2,2-5H3,(H2,36,37,38,39)/b19-7+,22-9-. The summed E-state index contributed by atoms with van der Waals surface area (Å²) in [6.07, 6.45) is 7.07. The van der Waals surface area contributed by atoms with Crippen LogP contribution in [0.25, 0.3) is 15.9 Å². The SMILES string of the molecule is C=C/C(=C\C=C(/N)c1cc2nccc(Oc3ccc(NC(=O)Nc4cc(C(C)(C)C)on4)cc3F)c2s1)CNCCOC. The fourth-order valence-electron chi connectivity index (χ4n) is 3.77. The number of methoxy groups -OCH3 is 1. The summed E-state index contributed by atoms with van der Waals surface area (Å²) in [5.41, 5.74) is 8.53. The summed E-state index contributed by atoms with van der Waals surface area (Å²) in [6, 6.07) is 8.72. The van der Waals surface area contributed by atoms with E-state index < -0.39 is 11.8 Å². The Kier molecular flexibility index (Phi) is 10.3. The number of ether oxygens (including phenoxy) is 2. The van der Waals surface area contributed by atoms with Gasteiger partial charge in [-0.05, 0) is 29.8 Å². The van der Waals surface area contributed by atoms with Gasteiger partial charge >= 0.3 is 6.03 Å². The molecule has 5 N–H and O–H groups in total. The molecule has 4 aromatic rings. The molecule has 0 aliphatic rings. The summed E-state index contributed by atoms with van der Waals surface area (Å²) < 4.78 is 32.0. The van der Waals surface area contributed by atoms with Gasteiger partial charge in [-0.25, -0.2) is 9.18 Å². The van der Waals surface area contributed by atoms with Gasteiger partial charge in [-0.3, -0.25) is 10.3 Å². The fourth-order valence-corrected chi connectivity index (χ4v) is 4.77. The molecule has 0 atom stereocenters. The first-order valence-corrected chi connectivity index (χ1v) is 14.3. The molecule has 0 unspecified atom stereocenters. The number of urea groups is 1. The zero-order valence-corrected chi connectivity index (χ0v) is 25.3. The van der Waals surface area contributed by atoms with Crippen molar-refractivity contribution in [1.29, 1.82) is 0 Å². The van der Waals surface area contributed by atoms with E-state index >= 15 is 4.39 Å². The van der Waals surface area contributed by atoms with Crippen LogP contribution in [0.1, 0.15) is 31.4 Å². The highest BCUT2D eigenvalue weighted by Crippen LogP contribution is 2.37. The summed E-state index contributed by atoms with van der Waals surface area (Å²) >= 11 is 1.39. The van der Waals surface area contributed by atoms with Crippen molar-refractivity contribution in [2.75, 3.05) is 37.4 Å². The van der Waals surface area contributed by atoms with Crippen LogP contribution in [0.2, 0.25) is 0 Å². The molecule has 3 aromatic heterocycles. The third kappa shape index (κ3) is 8.51. The molecule has 0 saturated carbocycles. The highest BCUT2D eigenvalue weighted by molar-refractivity contribution is 7.20. The number of carbonyl (C=O) groups is 1. The van der Waals surface area contributed by atoms with Crippen molar-refractivity contribution < 1.29 is 23.2 Å². The molecule has 0 bridgehead atoms. The molecule has 12 heteroatoms. The summed E-state index contributed by atoms with van der Waals surface area (Å²) in [4.78, 5) is 17.6. The second kappa shape index (κ2) is 14.1. The van der Waals surface area contributed by atoms with Crippen molar-refractivity contribution in [2.24, 2.45) is 5.73 Å². The van der Waals surface area contributed by atoms with Gasteiger partial charge in [0.15, 0.2) is 17.4 Å². The van der Waals surface area contributed by atoms with E-state index in [0.29, 0.717) is 40.6 Å². The zero-order chi connectivity index (χ0) is 31.0. The van der Waals surface area contributed by atoms with E-state index in [-0.39, 0.29) is 22.7 Å². The molecule has 0 fully saturated rings. The molecule has 10 nitrogen and oxygen atoms in total. The van der Waals surface area contributed by atoms with E-state index in [0.717, 1.165) is 17.0 Å². The van der Waals surface area contributed by atoms with Gasteiger partial charge in [-0.2, -0.15) is 0 Å². The number of benzene rings is 1. The lowest BCUT2D eigenvalue weighted by Crippen LogP contribution is -2.21. The molecule has 0 spiro atoms. The van der Waals surface area contributed by atoms with Crippen LogP contribution in [0.5, 0.6) is 11.5 Å². The van der Waals surface area contributed by atoms with E-state index in [9.17, 15) is 4.79 Å². The van der Waals surface area contributed by atoms with Crippen molar-refractivity contribution in [3.05, 3.63) is 89.4 Å². The molecule has 2 amide bonds. The number of nitrogens with zero attached hydrogens (tertiary/aromatic N) is 2. The van der Waals surface area contributed by atoms with Gasteiger partial charge in [0.2, 0.25) is 0 Å². The first-order valence-electron chi connectivity index (χ1n) is 13.5. The molecule has 0 aliphatic heterocycles. The molecule has 43 heavy (non-hydrogen) atoms. The maximum absolute atomic E-state index is 15.0. The highest BCUT2D eigenvalue weighted by Gasteiger charge is 2.20. The second-order valence-electron chi connectivity index (χ2n) is 10.5. The van der Waals surface area contributed by atoms with Crippen molar-refractivity contribution >= 4 is 44.8 Å². The number of anilines is 2. The predicted molar refractivity (Wildman–Crippen MR) is 169 cm³/mol. The Balaban J connectivity index is 1.43. The van der Waals surface area contributed by atoms with E-state index in [4.69, 9.17) is 19.7 Å². The number of pyridine rings is 1. The second-order valence-corrected chi connectivity index (χ2v) is 11.6. The number of amides is 2. The minimum absolute atomic E-state index is 0.0113. The smallest absolute Gasteiger partial charge is 0.324 e. The van der Waals surface area contributed by atoms with Crippen LogP contribution >= 0.6 is 11.3 Å². The molecule has 4 rings (SSSR count). The molecule has 3 heterocycles. The molecule has 1 aromatic carbocycles. The normalized spacial score (nSPS) is 12.4. The zero-order valence-electron chi connectivity index (χ0n) is 24.5. The number of nitrogens with one attached hydrogen (secondary N) is 3. The number of nitrogens with two attached hydrogens (primary N) is 1. The lowest BCUT2D eigenvalue weighted by Gasteiger charge is -2.12. The number of fused-ring (bicyclic) bond motifs is 1. The van der Waals surface area contributed by atoms with E-state index in [1.807, 2.05) is 39.0 Å². The fraction of sp³-hybridized carbons (Fsp3) is 0.258. The van der Waals surface area contributed by atoms with Crippen LogP contribution in [0.4, 0.5) is 20.7 Å². The number of allylic oxidation sites excluding steroid dienone is 2. The number of thiophene rings is 1. The van der Waals surface area contributed by atoms with Crippen LogP contribution in [0, 0.1) is 5.82 Å². The molecular formula is C31H35FN6O4S. The van der Waals surface area contributed by atoms with Crippen molar-refractivity contribution in [2.45, 2.75) is 26.2 Å². The van der Waals surface area contributed by atoms with E-state index in [2.05, 4.69) is 32.7 Å². The minimum Gasteiger partial charge on any atom is -0.453 e. The topological polar surface area (TPSA) is 137 Å².